The van der Waals surface area contributed by atoms with Gasteiger partial charge in [0.2, 0.25) is 0 Å². The molecule has 5 heteroatoms. The normalized spacial score (nSPS) is 14.8. The smallest absolute Gasteiger partial charge is 0.255 e. The SMILES string of the molecule is COc1ccc(Cl)cc1C(=O)NCc1ccc(C[NH+]2CCCCC2)cc1. The van der Waals surface area contributed by atoms with Crippen molar-refractivity contribution in [3.63, 3.8) is 0 Å². The Bertz CT molecular complexity index is 740. The van der Waals surface area contributed by atoms with Crippen LogP contribution in [0.25, 0.3) is 0 Å². The number of hydrogen-bond acceptors (Lipinski definition) is 2. The first-order valence-corrected chi connectivity index (χ1v) is 9.56. The molecule has 0 aliphatic carbocycles. The summed E-state index contributed by atoms with van der Waals surface area (Å²) in [4.78, 5) is 14.1. The quantitative estimate of drug-likeness (QED) is 0.817. The molecular weight excluding hydrogens is 348 g/mol. The number of halogens is 1. The van der Waals surface area contributed by atoms with Crippen LogP contribution < -0.4 is 15.0 Å². The second kappa shape index (κ2) is 9.06. The molecule has 1 aliphatic rings. The highest BCUT2D eigenvalue weighted by molar-refractivity contribution is 6.31. The summed E-state index contributed by atoms with van der Waals surface area (Å²) < 4.78 is 5.24. The number of carbonyl (C=O) groups is 1. The Kier molecular flexibility index (Phi) is 6.53. The monoisotopic (exact) mass is 373 g/mol. The van der Waals surface area contributed by atoms with Crippen molar-refractivity contribution in [2.45, 2.75) is 32.4 Å². The minimum atomic E-state index is -0.189. The van der Waals surface area contributed by atoms with Gasteiger partial charge in [0.25, 0.3) is 5.91 Å². The van der Waals surface area contributed by atoms with E-state index < -0.39 is 0 Å². The van der Waals surface area contributed by atoms with Crippen LogP contribution in [0.2, 0.25) is 5.02 Å². The molecule has 2 aromatic carbocycles. The van der Waals surface area contributed by atoms with Crippen molar-refractivity contribution in [2.24, 2.45) is 0 Å². The number of rotatable bonds is 6. The van der Waals surface area contributed by atoms with Gasteiger partial charge in [-0.25, -0.2) is 0 Å². The molecule has 1 saturated heterocycles. The zero-order valence-corrected chi connectivity index (χ0v) is 15.9. The van der Waals surface area contributed by atoms with Crippen LogP contribution in [0.15, 0.2) is 42.5 Å². The zero-order valence-electron chi connectivity index (χ0n) is 15.2. The second-order valence-electron chi connectivity index (χ2n) is 6.83. The Balaban J connectivity index is 1.56. The Morgan fingerprint density at radius 2 is 1.77 bits per heavy atom. The van der Waals surface area contributed by atoms with Crippen LogP contribution in [-0.4, -0.2) is 26.1 Å². The first kappa shape index (κ1) is 18.7. The van der Waals surface area contributed by atoms with Crippen molar-refractivity contribution in [3.8, 4) is 5.75 Å². The molecule has 1 fully saturated rings. The van der Waals surface area contributed by atoms with E-state index in [0.717, 1.165) is 12.1 Å². The lowest BCUT2D eigenvalue weighted by Crippen LogP contribution is -3.11. The summed E-state index contributed by atoms with van der Waals surface area (Å²) >= 11 is 5.99. The molecule has 1 amide bonds. The van der Waals surface area contributed by atoms with E-state index in [9.17, 15) is 4.79 Å². The molecule has 1 heterocycles. The molecule has 26 heavy (non-hydrogen) atoms. The van der Waals surface area contributed by atoms with Crippen molar-refractivity contribution in [1.82, 2.24) is 5.32 Å². The predicted molar refractivity (Wildman–Crippen MR) is 104 cm³/mol. The average Bonchev–Trinajstić information content (AvgIpc) is 2.68. The largest absolute Gasteiger partial charge is 0.496 e. The van der Waals surface area contributed by atoms with E-state index in [2.05, 4.69) is 29.6 Å². The van der Waals surface area contributed by atoms with Crippen molar-refractivity contribution in [3.05, 3.63) is 64.2 Å². The second-order valence-corrected chi connectivity index (χ2v) is 7.27. The summed E-state index contributed by atoms with van der Waals surface area (Å²) in [6, 6.07) is 13.6. The van der Waals surface area contributed by atoms with Crippen LogP contribution in [0, 0.1) is 0 Å². The maximum atomic E-state index is 12.4. The maximum Gasteiger partial charge on any atom is 0.255 e. The van der Waals surface area contributed by atoms with Gasteiger partial charge in [-0.3, -0.25) is 4.79 Å². The van der Waals surface area contributed by atoms with Crippen LogP contribution in [0.4, 0.5) is 0 Å². The van der Waals surface area contributed by atoms with Gasteiger partial charge in [0.15, 0.2) is 0 Å². The number of likely N-dealkylation sites (tertiary alicyclic amines) is 1. The van der Waals surface area contributed by atoms with Crippen LogP contribution in [-0.2, 0) is 13.1 Å². The lowest BCUT2D eigenvalue weighted by atomic mass is 10.1. The molecule has 2 N–H and O–H groups in total. The van der Waals surface area contributed by atoms with Gasteiger partial charge in [-0.1, -0.05) is 35.9 Å². The van der Waals surface area contributed by atoms with Gasteiger partial charge in [0, 0.05) is 17.1 Å². The highest BCUT2D eigenvalue weighted by Crippen LogP contribution is 2.22. The summed E-state index contributed by atoms with van der Waals surface area (Å²) in [5.74, 6) is 0.331. The maximum absolute atomic E-state index is 12.4. The Morgan fingerprint density at radius 3 is 2.46 bits per heavy atom. The molecule has 4 nitrogen and oxygen atoms in total. The standard InChI is InChI=1S/C21H25ClN2O2/c1-26-20-10-9-18(22)13-19(20)21(25)23-14-16-5-7-17(8-6-16)15-24-11-3-2-4-12-24/h5-10,13H,2-4,11-12,14-15H2,1H3,(H,23,25)/p+1. The fourth-order valence-corrected chi connectivity index (χ4v) is 3.60. The average molecular weight is 374 g/mol. The number of hydrogen-bond donors (Lipinski definition) is 2. The van der Waals surface area contributed by atoms with Gasteiger partial charge in [-0.05, 0) is 43.0 Å². The molecule has 0 unspecified atom stereocenters. The summed E-state index contributed by atoms with van der Waals surface area (Å²) in [5.41, 5.74) is 2.88. The molecule has 1 aliphatic heterocycles. The van der Waals surface area contributed by atoms with Crippen molar-refractivity contribution >= 4 is 17.5 Å². The molecule has 0 spiro atoms. The molecule has 138 valence electrons. The summed E-state index contributed by atoms with van der Waals surface area (Å²) in [6.45, 7) is 4.12. The first-order valence-electron chi connectivity index (χ1n) is 9.19. The van der Waals surface area contributed by atoms with Crippen LogP contribution in [0.5, 0.6) is 5.75 Å². The topological polar surface area (TPSA) is 42.8 Å². The number of quaternary nitrogens is 1. The van der Waals surface area contributed by atoms with Gasteiger partial charge in [-0.2, -0.15) is 0 Å². The number of amides is 1. The predicted octanol–water partition coefficient (Wildman–Crippen LogP) is 2.85. The third-order valence-electron chi connectivity index (χ3n) is 4.90. The van der Waals surface area contributed by atoms with E-state index in [1.165, 1.54) is 37.9 Å². The highest BCUT2D eigenvalue weighted by Gasteiger charge is 2.14. The van der Waals surface area contributed by atoms with E-state index >= 15 is 0 Å². The van der Waals surface area contributed by atoms with Crippen molar-refractivity contribution in [1.29, 1.82) is 0 Å². The molecule has 0 atom stereocenters. The molecule has 0 bridgehead atoms. The van der Waals surface area contributed by atoms with E-state index in [0.29, 0.717) is 22.9 Å². The number of ether oxygens (including phenoxy) is 1. The van der Waals surface area contributed by atoms with Gasteiger partial charge in [0.1, 0.15) is 12.3 Å². The highest BCUT2D eigenvalue weighted by atomic mass is 35.5. The molecule has 0 saturated carbocycles. The van der Waals surface area contributed by atoms with Gasteiger partial charge in [0.05, 0.1) is 25.8 Å². The van der Waals surface area contributed by atoms with E-state index in [1.54, 1.807) is 30.2 Å². The lowest BCUT2D eigenvalue weighted by Gasteiger charge is -2.23. The number of benzene rings is 2. The number of nitrogens with one attached hydrogen (secondary N) is 2. The number of methoxy groups -OCH3 is 1. The summed E-state index contributed by atoms with van der Waals surface area (Å²) in [5, 5.41) is 3.45. The number of carbonyl (C=O) groups excluding carboxylic acids is 1. The number of piperidine rings is 1. The fourth-order valence-electron chi connectivity index (χ4n) is 3.43. The molecule has 0 radical (unpaired) electrons. The van der Waals surface area contributed by atoms with E-state index in [-0.39, 0.29) is 5.91 Å². The lowest BCUT2D eigenvalue weighted by molar-refractivity contribution is -0.918. The minimum absolute atomic E-state index is 0.189. The Labute approximate surface area is 160 Å². The van der Waals surface area contributed by atoms with Gasteiger partial charge in [-0.15, -0.1) is 0 Å². The van der Waals surface area contributed by atoms with Crippen molar-refractivity contribution < 1.29 is 14.4 Å². The third kappa shape index (κ3) is 4.99. The summed E-state index contributed by atoms with van der Waals surface area (Å²) in [6.07, 6.45) is 4.05. The molecular formula is C21H26ClN2O2+. The van der Waals surface area contributed by atoms with Gasteiger partial charge >= 0.3 is 0 Å². The first-order chi connectivity index (χ1) is 12.7. The Hall–Kier alpha value is -2.04. The third-order valence-corrected chi connectivity index (χ3v) is 5.13. The van der Waals surface area contributed by atoms with Gasteiger partial charge < -0.3 is 15.0 Å². The molecule has 0 aromatic heterocycles. The molecule has 3 rings (SSSR count). The zero-order chi connectivity index (χ0) is 18.4. The van der Waals surface area contributed by atoms with Crippen LogP contribution in [0.1, 0.15) is 40.7 Å². The fraction of sp³-hybridized carbons (Fsp3) is 0.381. The van der Waals surface area contributed by atoms with Crippen molar-refractivity contribution in [2.75, 3.05) is 20.2 Å². The summed E-state index contributed by atoms with van der Waals surface area (Å²) in [7, 11) is 1.54. The molecule has 2 aromatic rings. The van der Waals surface area contributed by atoms with Crippen LogP contribution in [0.3, 0.4) is 0 Å². The van der Waals surface area contributed by atoms with Crippen LogP contribution >= 0.6 is 11.6 Å². The van der Waals surface area contributed by atoms with E-state index in [1.807, 2.05) is 0 Å². The Morgan fingerprint density at radius 1 is 1.08 bits per heavy atom. The minimum Gasteiger partial charge on any atom is -0.496 e. The van der Waals surface area contributed by atoms with E-state index in [4.69, 9.17) is 16.3 Å².